The average molecular weight is 559 g/mol. The molecule has 9 heteroatoms. The zero-order valence-electron chi connectivity index (χ0n) is 24.1. The molecule has 1 aliphatic heterocycles. The van der Waals surface area contributed by atoms with E-state index in [-0.39, 0.29) is 24.9 Å². The zero-order chi connectivity index (χ0) is 29.5. The van der Waals surface area contributed by atoms with E-state index in [1.807, 2.05) is 30.7 Å². The Hall–Kier alpha value is -4.24. The molecule has 0 amide bonds. The molecule has 2 atom stereocenters. The van der Waals surface area contributed by atoms with Crippen LogP contribution in [0.25, 0.3) is 11.0 Å². The summed E-state index contributed by atoms with van der Waals surface area (Å²) in [6, 6.07) is 18.8. The highest BCUT2D eigenvalue weighted by molar-refractivity contribution is 5.80. The van der Waals surface area contributed by atoms with Crippen molar-refractivity contribution in [1.29, 1.82) is 0 Å². The Morgan fingerprint density at radius 2 is 1.90 bits per heavy atom. The first-order chi connectivity index (χ1) is 19.8. The lowest BCUT2D eigenvalue weighted by molar-refractivity contribution is -0.137. The molecule has 0 fully saturated rings. The molecule has 0 spiro atoms. The predicted octanol–water partition coefficient (Wildman–Crippen LogP) is 5.55. The fourth-order valence-corrected chi connectivity index (χ4v) is 5.59. The molecule has 0 radical (unpaired) electrons. The monoisotopic (exact) mass is 558 g/mol. The third kappa shape index (κ3) is 6.74. The number of fused-ring (bicyclic) bond motifs is 2. The van der Waals surface area contributed by atoms with E-state index in [4.69, 9.17) is 14.6 Å². The van der Waals surface area contributed by atoms with Gasteiger partial charge < -0.3 is 14.9 Å². The fourth-order valence-electron chi connectivity index (χ4n) is 5.59. The van der Waals surface area contributed by atoms with Crippen LogP contribution < -0.4 is 4.74 Å². The number of carboxylic acids is 1. The van der Waals surface area contributed by atoms with E-state index >= 15 is 0 Å². The second-order valence-electron chi connectivity index (χ2n) is 10.4. The maximum Gasteiger partial charge on any atom is 0.304 e. The second-order valence-corrected chi connectivity index (χ2v) is 10.4. The summed E-state index contributed by atoms with van der Waals surface area (Å²) in [5.74, 6) is -0.125. The van der Waals surface area contributed by atoms with Crippen molar-refractivity contribution >= 4 is 23.5 Å². The Morgan fingerprint density at radius 1 is 1.15 bits per heavy atom. The van der Waals surface area contributed by atoms with Crippen LogP contribution in [-0.2, 0) is 29.2 Å². The number of hydrogen-bond acceptors (Lipinski definition) is 6. The van der Waals surface area contributed by atoms with Gasteiger partial charge in [0.15, 0.2) is 0 Å². The number of benzene rings is 3. The third-order valence-corrected chi connectivity index (χ3v) is 7.78. The van der Waals surface area contributed by atoms with Crippen molar-refractivity contribution in [2.75, 3.05) is 6.54 Å². The van der Waals surface area contributed by atoms with E-state index in [2.05, 4.69) is 71.5 Å². The Morgan fingerprint density at radius 3 is 2.61 bits per heavy atom. The first-order valence-electron chi connectivity index (χ1n) is 14.0. The smallest absolute Gasteiger partial charge is 0.304 e. The molecule has 1 aromatic heterocycles. The summed E-state index contributed by atoms with van der Waals surface area (Å²) in [7, 11) is 0. The maximum absolute atomic E-state index is 12.0. The topological polar surface area (TPSA) is 118 Å². The molecule has 9 nitrogen and oxygen atoms in total. The SMILES string of the molecule is CC[C@@H]1CN(Cc2cc([C@H](CC(=O)O)c3ccc4c(nnn4CC)c3C)ccc2C)Cc2ccccc2O1.O=CO. The van der Waals surface area contributed by atoms with Gasteiger partial charge in [0.2, 0.25) is 0 Å². The summed E-state index contributed by atoms with van der Waals surface area (Å²) in [6.45, 7) is 11.3. The first-order valence-corrected chi connectivity index (χ1v) is 14.0. The van der Waals surface area contributed by atoms with Gasteiger partial charge in [-0.15, -0.1) is 5.10 Å². The van der Waals surface area contributed by atoms with Gasteiger partial charge in [0.05, 0.1) is 11.9 Å². The number of rotatable bonds is 8. The van der Waals surface area contributed by atoms with E-state index in [0.717, 1.165) is 66.1 Å². The van der Waals surface area contributed by atoms with Gasteiger partial charge in [-0.3, -0.25) is 14.5 Å². The molecule has 0 saturated carbocycles. The van der Waals surface area contributed by atoms with Crippen LogP contribution in [-0.4, -0.2) is 55.2 Å². The van der Waals surface area contributed by atoms with E-state index in [1.54, 1.807) is 0 Å². The van der Waals surface area contributed by atoms with Crippen molar-refractivity contribution in [3.63, 3.8) is 0 Å². The van der Waals surface area contributed by atoms with Gasteiger partial charge in [0.1, 0.15) is 17.4 Å². The van der Waals surface area contributed by atoms with Crippen molar-refractivity contribution in [3.05, 3.63) is 88.0 Å². The lowest BCUT2D eigenvalue weighted by Gasteiger charge is -2.25. The number of ether oxygens (including phenoxy) is 1. The molecule has 2 N–H and O–H groups in total. The number of aliphatic carboxylic acids is 1. The number of carbonyl (C=O) groups is 2. The van der Waals surface area contributed by atoms with Crippen molar-refractivity contribution in [2.24, 2.45) is 0 Å². The Kier molecular flexibility index (Phi) is 9.73. The zero-order valence-corrected chi connectivity index (χ0v) is 24.1. The third-order valence-electron chi connectivity index (χ3n) is 7.78. The van der Waals surface area contributed by atoms with Crippen LogP contribution >= 0.6 is 0 Å². The van der Waals surface area contributed by atoms with Crippen LogP contribution in [0, 0.1) is 13.8 Å². The molecule has 216 valence electrons. The molecule has 0 aliphatic carbocycles. The van der Waals surface area contributed by atoms with E-state index < -0.39 is 5.97 Å². The molecule has 2 heterocycles. The second kappa shape index (κ2) is 13.4. The summed E-state index contributed by atoms with van der Waals surface area (Å²) in [4.78, 5) is 22.8. The summed E-state index contributed by atoms with van der Waals surface area (Å²) in [5, 5.41) is 25.4. The normalized spacial score (nSPS) is 15.7. The van der Waals surface area contributed by atoms with Crippen LogP contribution in [0.3, 0.4) is 0 Å². The highest BCUT2D eigenvalue weighted by atomic mass is 16.5. The van der Waals surface area contributed by atoms with Gasteiger partial charge in [-0.2, -0.15) is 0 Å². The highest BCUT2D eigenvalue weighted by Gasteiger charge is 2.25. The molecule has 0 saturated heterocycles. The average Bonchev–Trinajstić information content (AvgIpc) is 3.29. The molecular formula is C32H38N4O5. The number of carboxylic acid groups (broad SMARTS) is 2. The minimum absolute atomic E-state index is 0.0135. The lowest BCUT2D eigenvalue weighted by Crippen LogP contribution is -2.32. The quantitative estimate of drug-likeness (QED) is 0.270. The Labute approximate surface area is 240 Å². The number of aryl methyl sites for hydroxylation is 3. The standard InChI is InChI=1S/C31H36N4O3.CH2O2/c1-5-25-19-34(17-23-9-7-8-10-29(23)38-25)18-24-15-22(12-11-20(24)3)27(16-30(36)37)26-13-14-28-31(21(26)4)32-33-35(28)6-2;2-1-3/h7-15,25,27H,5-6,16-19H2,1-4H3,(H,36,37);1H,(H,2,3)/t25-,27+;/m1./s1. The van der Waals surface area contributed by atoms with Crippen molar-refractivity contribution in [2.45, 2.75) is 72.2 Å². The molecule has 41 heavy (non-hydrogen) atoms. The maximum atomic E-state index is 12.0. The van der Waals surface area contributed by atoms with Gasteiger partial charge in [0.25, 0.3) is 6.47 Å². The molecule has 0 unspecified atom stereocenters. The van der Waals surface area contributed by atoms with Crippen molar-refractivity contribution in [3.8, 4) is 5.75 Å². The molecule has 3 aromatic carbocycles. The Bertz CT molecular complexity index is 1520. The summed E-state index contributed by atoms with van der Waals surface area (Å²) in [5.41, 5.74) is 8.41. The molecule has 0 bridgehead atoms. The number of hydrogen-bond donors (Lipinski definition) is 2. The van der Waals surface area contributed by atoms with E-state index in [0.29, 0.717) is 0 Å². The molecule has 4 aromatic rings. The molecule has 1 aliphatic rings. The number of para-hydroxylation sites is 1. The first kappa shape index (κ1) is 29.7. The minimum atomic E-state index is -0.819. The van der Waals surface area contributed by atoms with Crippen LogP contribution in [0.5, 0.6) is 5.75 Å². The van der Waals surface area contributed by atoms with Crippen LogP contribution in [0.2, 0.25) is 0 Å². The minimum Gasteiger partial charge on any atom is -0.489 e. The van der Waals surface area contributed by atoms with Crippen LogP contribution in [0.1, 0.15) is 66.0 Å². The van der Waals surface area contributed by atoms with E-state index in [1.165, 1.54) is 16.7 Å². The lowest BCUT2D eigenvalue weighted by atomic mass is 9.84. The predicted molar refractivity (Wildman–Crippen MR) is 157 cm³/mol. The van der Waals surface area contributed by atoms with Crippen molar-refractivity contribution in [1.82, 2.24) is 19.9 Å². The van der Waals surface area contributed by atoms with Gasteiger partial charge in [-0.25, -0.2) is 4.68 Å². The largest absolute Gasteiger partial charge is 0.489 e. The van der Waals surface area contributed by atoms with Crippen molar-refractivity contribution < 1.29 is 24.5 Å². The molecular weight excluding hydrogens is 520 g/mol. The Balaban J connectivity index is 0.00000124. The number of aromatic nitrogens is 3. The van der Waals surface area contributed by atoms with Crippen LogP contribution in [0.15, 0.2) is 54.6 Å². The molecule has 5 rings (SSSR count). The van der Waals surface area contributed by atoms with Gasteiger partial charge in [-0.05, 0) is 67.1 Å². The summed E-state index contributed by atoms with van der Waals surface area (Å²) >= 11 is 0. The van der Waals surface area contributed by atoms with Crippen LogP contribution in [0.4, 0.5) is 0 Å². The fraction of sp³-hybridized carbons (Fsp3) is 0.375. The van der Waals surface area contributed by atoms with Gasteiger partial charge in [-0.1, -0.05) is 54.6 Å². The summed E-state index contributed by atoms with van der Waals surface area (Å²) < 4.78 is 8.18. The van der Waals surface area contributed by atoms with Gasteiger partial charge >= 0.3 is 5.97 Å². The van der Waals surface area contributed by atoms with E-state index in [9.17, 15) is 9.90 Å². The number of nitrogens with zero attached hydrogens (tertiary/aromatic N) is 4. The highest BCUT2D eigenvalue weighted by Crippen LogP contribution is 2.35. The summed E-state index contributed by atoms with van der Waals surface area (Å²) in [6.07, 6.45) is 1.09. The van der Waals surface area contributed by atoms with Gasteiger partial charge in [0, 0.05) is 37.7 Å².